The highest BCUT2D eigenvalue weighted by Gasteiger charge is 2.18. The molecule has 5 nitrogen and oxygen atoms in total. The minimum Gasteiger partial charge on any atom is -0.449 e. The molecule has 1 atom stereocenters. The Bertz CT molecular complexity index is 987. The molecule has 0 radical (unpaired) electrons. The Morgan fingerprint density at radius 3 is 2.63 bits per heavy atom. The molecule has 0 N–H and O–H groups in total. The Morgan fingerprint density at radius 1 is 1.19 bits per heavy atom. The summed E-state index contributed by atoms with van der Waals surface area (Å²) in [5, 5.41) is 8.66. The molecule has 8 heteroatoms. The van der Waals surface area contributed by atoms with Gasteiger partial charge in [0.1, 0.15) is 5.82 Å². The third-order valence-electron chi connectivity index (χ3n) is 3.53. The minimum absolute atomic E-state index is 0.126. The molecule has 0 saturated heterocycles. The highest BCUT2D eigenvalue weighted by Crippen LogP contribution is 2.24. The number of nitrogens with zero attached hydrogens (tertiary/aromatic N) is 2. The number of rotatable bonds is 5. The summed E-state index contributed by atoms with van der Waals surface area (Å²) in [4.78, 5) is 12.0. The van der Waals surface area contributed by atoms with E-state index in [1.807, 2.05) is 0 Å². The summed E-state index contributed by atoms with van der Waals surface area (Å²) in [7, 11) is 0. The first-order valence-corrected chi connectivity index (χ1v) is 8.61. The van der Waals surface area contributed by atoms with Gasteiger partial charge in [-0.05, 0) is 55.0 Å². The number of aromatic nitrogens is 2. The van der Waals surface area contributed by atoms with Gasteiger partial charge >= 0.3 is 5.97 Å². The molecule has 0 saturated carbocycles. The van der Waals surface area contributed by atoms with Crippen LogP contribution in [0.25, 0.3) is 17.5 Å². The fraction of sp³-hybridized carbons (Fsp3) is 0.105. The number of halogens is 3. The van der Waals surface area contributed by atoms with Gasteiger partial charge in [-0.15, -0.1) is 10.2 Å². The zero-order valence-corrected chi connectivity index (χ0v) is 15.5. The lowest BCUT2D eigenvalue weighted by molar-refractivity contribution is -0.143. The Morgan fingerprint density at radius 2 is 1.93 bits per heavy atom. The third kappa shape index (κ3) is 4.93. The summed E-state index contributed by atoms with van der Waals surface area (Å²) in [6.07, 6.45) is 2.00. The van der Waals surface area contributed by atoms with E-state index in [0.717, 1.165) is 0 Å². The maximum atomic E-state index is 13.0. The number of hydrogen-bond donors (Lipinski definition) is 0. The van der Waals surface area contributed by atoms with Gasteiger partial charge in [0.2, 0.25) is 5.89 Å². The van der Waals surface area contributed by atoms with Crippen LogP contribution in [0.4, 0.5) is 4.39 Å². The van der Waals surface area contributed by atoms with E-state index in [-0.39, 0.29) is 17.6 Å². The molecular formula is C19H13Cl2FN2O3. The van der Waals surface area contributed by atoms with E-state index >= 15 is 0 Å². The molecule has 0 unspecified atom stereocenters. The monoisotopic (exact) mass is 406 g/mol. The molecule has 2 aromatic carbocycles. The average Bonchev–Trinajstić information content (AvgIpc) is 3.12. The van der Waals surface area contributed by atoms with Gasteiger partial charge in [-0.1, -0.05) is 29.3 Å². The zero-order valence-electron chi connectivity index (χ0n) is 14.0. The summed E-state index contributed by atoms with van der Waals surface area (Å²) in [5.41, 5.74) is 1.19. The molecule has 0 aliphatic rings. The molecule has 1 heterocycles. The first-order chi connectivity index (χ1) is 12.9. The fourth-order valence-corrected chi connectivity index (χ4v) is 2.64. The van der Waals surface area contributed by atoms with Crippen molar-refractivity contribution in [3.63, 3.8) is 0 Å². The second-order valence-corrected chi connectivity index (χ2v) is 6.37. The van der Waals surface area contributed by atoms with Crippen LogP contribution in [0.5, 0.6) is 0 Å². The lowest BCUT2D eigenvalue weighted by Crippen LogP contribution is -2.06. The van der Waals surface area contributed by atoms with Crippen molar-refractivity contribution in [3.8, 4) is 11.5 Å². The molecule has 27 heavy (non-hydrogen) atoms. The molecule has 0 aliphatic heterocycles. The quantitative estimate of drug-likeness (QED) is 0.413. The predicted octanol–water partition coefficient (Wildman–Crippen LogP) is 5.50. The number of ether oxygens (including phenoxy) is 1. The standard InChI is InChI=1S/C19H13Cl2FN2O3/c1-11(18-23-24-19(27-18)13-3-7-15(22)8-4-13)26-17(25)9-5-12-2-6-14(20)10-16(12)21/h2-11H,1H3/b9-5+/t11-/m0/s1. The molecular weight excluding hydrogens is 394 g/mol. The van der Waals surface area contributed by atoms with Crippen LogP contribution in [0, 0.1) is 5.82 Å². The molecule has 1 aromatic heterocycles. The molecule has 0 spiro atoms. The maximum absolute atomic E-state index is 13.0. The van der Waals surface area contributed by atoms with Gasteiger partial charge < -0.3 is 9.15 Å². The molecule has 0 fully saturated rings. The number of esters is 1. The predicted molar refractivity (Wildman–Crippen MR) is 99.7 cm³/mol. The van der Waals surface area contributed by atoms with Crippen LogP contribution in [0.1, 0.15) is 24.5 Å². The summed E-state index contributed by atoms with van der Waals surface area (Å²) < 4.78 is 23.7. The number of hydrogen-bond acceptors (Lipinski definition) is 5. The molecule has 0 aliphatic carbocycles. The van der Waals surface area contributed by atoms with Gasteiger partial charge in [-0.3, -0.25) is 0 Å². The molecule has 0 amide bonds. The Hall–Kier alpha value is -2.70. The van der Waals surface area contributed by atoms with Crippen molar-refractivity contribution in [1.29, 1.82) is 0 Å². The number of carbonyl (C=O) groups is 1. The van der Waals surface area contributed by atoms with E-state index in [1.54, 1.807) is 25.1 Å². The lowest BCUT2D eigenvalue weighted by Gasteiger charge is -2.07. The second-order valence-electron chi connectivity index (χ2n) is 5.53. The van der Waals surface area contributed by atoms with Crippen LogP contribution in [0.3, 0.4) is 0 Å². The van der Waals surface area contributed by atoms with E-state index in [4.69, 9.17) is 32.4 Å². The van der Waals surface area contributed by atoms with E-state index in [2.05, 4.69) is 10.2 Å². The Balaban J connectivity index is 1.64. The van der Waals surface area contributed by atoms with Crippen LogP contribution < -0.4 is 0 Å². The zero-order chi connectivity index (χ0) is 19.4. The molecule has 0 bridgehead atoms. The van der Waals surface area contributed by atoms with Crippen molar-refractivity contribution in [1.82, 2.24) is 10.2 Å². The number of benzene rings is 2. The highest BCUT2D eigenvalue weighted by atomic mass is 35.5. The molecule has 3 rings (SSSR count). The summed E-state index contributed by atoms with van der Waals surface area (Å²) in [6.45, 7) is 1.60. The summed E-state index contributed by atoms with van der Waals surface area (Å²) in [6, 6.07) is 10.5. The van der Waals surface area contributed by atoms with Gasteiger partial charge in [-0.2, -0.15) is 0 Å². The lowest BCUT2D eigenvalue weighted by atomic mass is 10.2. The first kappa shape index (κ1) is 19.1. The summed E-state index contributed by atoms with van der Waals surface area (Å²) in [5.74, 6) is -0.639. The van der Waals surface area contributed by atoms with Gasteiger partial charge in [0, 0.05) is 21.7 Å². The van der Waals surface area contributed by atoms with E-state index < -0.39 is 12.1 Å². The Kier molecular flexibility index (Phi) is 5.88. The van der Waals surface area contributed by atoms with Gasteiger partial charge in [0.05, 0.1) is 0 Å². The van der Waals surface area contributed by atoms with Crippen molar-refractivity contribution < 1.29 is 18.3 Å². The minimum atomic E-state index is -0.760. The topological polar surface area (TPSA) is 65.2 Å². The van der Waals surface area contributed by atoms with Gasteiger partial charge in [0.15, 0.2) is 6.10 Å². The molecule has 3 aromatic rings. The van der Waals surface area contributed by atoms with Crippen LogP contribution in [-0.2, 0) is 9.53 Å². The molecule has 138 valence electrons. The normalized spacial score (nSPS) is 12.3. The van der Waals surface area contributed by atoms with Crippen LogP contribution in [0.15, 0.2) is 53.0 Å². The second kappa shape index (κ2) is 8.33. The Labute approximate surface area is 164 Å². The fourth-order valence-electron chi connectivity index (χ4n) is 2.17. The van der Waals surface area contributed by atoms with Crippen LogP contribution in [0.2, 0.25) is 10.0 Å². The van der Waals surface area contributed by atoms with Crippen molar-refractivity contribution in [3.05, 3.63) is 75.9 Å². The van der Waals surface area contributed by atoms with Crippen molar-refractivity contribution >= 4 is 35.2 Å². The summed E-state index contributed by atoms with van der Waals surface area (Å²) >= 11 is 11.9. The van der Waals surface area contributed by atoms with Crippen LogP contribution >= 0.6 is 23.2 Å². The smallest absolute Gasteiger partial charge is 0.331 e. The van der Waals surface area contributed by atoms with E-state index in [9.17, 15) is 9.18 Å². The van der Waals surface area contributed by atoms with Gasteiger partial charge in [0.25, 0.3) is 5.89 Å². The third-order valence-corrected chi connectivity index (χ3v) is 4.10. The van der Waals surface area contributed by atoms with Crippen molar-refractivity contribution in [2.45, 2.75) is 13.0 Å². The van der Waals surface area contributed by atoms with E-state index in [1.165, 1.54) is 36.4 Å². The van der Waals surface area contributed by atoms with Gasteiger partial charge in [-0.25, -0.2) is 9.18 Å². The van der Waals surface area contributed by atoms with Crippen molar-refractivity contribution in [2.75, 3.05) is 0 Å². The van der Waals surface area contributed by atoms with Crippen molar-refractivity contribution in [2.24, 2.45) is 0 Å². The highest BCUT2D eigenvalue weighted by molar-refractivity contribution is 6.35. The average molecular weight is 407 g/mol. The first-order valence-electron chi connectivity index (χ1n) is 7.85. The van der Waals surface area contributed by atoms with Crippen LogP contribution in [-0.4, -0.2) is 16.2 Å². The maximum Gasteiger partial charge on any atom is 0.331 e. The SMILES string of the molecule is C[C@H](OC(=O)/C=C/c1ccc(Cl)cc1Cl)c1nnc(-c2ccc(F)cc2)o1. The number of carbonyl (C=O) groups excluding carboxylic acids is 1. The van der Waals surface area contributed by atoms with E-state index in [0.29, 0.717) is 21.2 Å². The largest absolute Gasteiger partial charge is 0.449 e.